The van der Waals surface area contributed by atoms with Crippen molar-refractivity contribution in [2.24, 2.45) is 5.92 Å². The average molecular weight is 421 g/mol. The molecule has 164 valence electrons. The average Bonchev–Trinajstić information content (AvgIpc) is 3.19. The number of aromatic nitrogens is 3. The highest BCUT2D eigenvalue weighted by Crippen LogP contribution is 2.25. The summed E-state index contributed by atoms with van der Waals surface area (Å²) in [5.41, 5.74) is 3.78. The third-order valence-electron chi connectivity index (χ3n) is 5.32. The zero-order valence-electron chi connectivity index (χ0n) is 18.9. The van der Waals surface area contributed by atoms with Crippen molar-refractivity contribution in [1.82, 2.24) is 14.8 Å². The highest BCUT2D eigenvalue weighted by atomic mass is 16.5. The normalized spacial score (nSPS) is 11.9. The topological polar surface area (TPSA) is 69.0 Å². The number of nitrogens with zero attached hydrogens (tertiary/aromatic N) is 3. The Morgan fingerprint density at radius 2 is 1.77 bits per heavy atom. The number of hydrogen-bond donors (Lipinski definition) is 1. The van der Waals surface area contributed by atoms with E-state index in [9.17, 15) is 4.79 Å². The maximum atomic E-state index is 12.6. The quantitative estimate of drug-likeness (QED) is 0.450. The molecule has 6 nitrogen and oxygen atoms in total. The zero-order valence-corrected chi connectivity index (χ0v) is 18.9. The van der Waals surface area contributed by atoms with Gasteiger partial charge in [0.2, 0.25) is 5.91 Å². The van der Waals surface area contributed by atoms with Gasteiger partial charge in [0.25, 0.3) is 0 Å². The molecule has 3 rings (SSSR count). The minimum atomic E-state index is 0.0526. The number of unbranched alkanes of at least 4 members (excludes halogenated alkanes) is 1. The summed E-state index contributed by atoms with van der Waals surface area (Å²) < 4.78 is 7.32. The number of carbonyl (C=O) groups is 1. The van der Waals surface area contributed by atoms with E-state index in [4.69, 9.17) is 4.74 Å². The predicted octanol–water partition coefficient (Wildman–Crippen LogP) is 5.80. The van der Waals surface area contributed by atoms with Crippen molar-refractivity contribution >= 4 is 11.6 Å². The van der Waals surface area contributed by atoms with Crippen LogP contribution in [0.5, 0.6) is 6.01 Å². The van der Waals surface area contributed by atoms with Gasteiger partial charge in [-0.25, -0.2) is 4.68 Å². The first-order valence-electron chi connectivity index (χ1n) is 11.1. The van der Waals surface area contributed by atoms with Crippen LogP contribution in [0.3, 0.4) is 0 Å². The first-order valence-corrected chi connectivity index (χ1v) is 11.1. The van der Waals surface area contributed by atoms with Crippen LogP contribution in [0, 0.1) is 12.8 Å². The fourth-order valence-electron chi connectivity index (χ4n) is 3.45. The number of anilines is 1. The summed E-state index contributed by atoms with van der Waals surface area (Å²) in [7, 11) is 0. The first-order chi connectivity index (χ1) is 15.0. The van der Waals surface area contributed by atoms with Gasteiger partial charge in [0, 0.05) is 17.2 Å². The maximum Gasteiger partial charge on any atom is 0.336 e. The minimum absolute atomic E-state index is 0.0526. The fourth-order valence-corrected chi connectivity index (χ4v) is 3.45. The molecule has 0 aliphatic heterocycles. The van der Waals surface area contributed by atoms with Crippen LogP contribution in [0.15, 0.2) is 48.5 Å². The van der Waals surface area contributed by atoms with Crippen LogP contribution in [0.1, 0.15) is 52.0 Å². The fraction of sp³-hybridized carbons (Fsp3) is 0.400. The Morgan fingerprint density at radius 3 is 2.39 bits per heavy atom. The lowest BCUT2D eigenvalue weighted by Gasteiger charge is -2.15. The van der Waals surface area contributed by atoms with E-state index < -0.39 is 0 Å². The van der Waals surface area contributed by atoms with Crippen LogP contribution in [0.4, 0.5) is 5.69 Å². The highest BCUT2D eigenvalue weighted by Gasteiger charge is 2.17. The molecule has 0 aliphatic rings. The molecule has 1 heterocycles. The van der Waals surface area contributed by atoms with Crippen LogP contribution in [-0.4, -0.2) is 27.3 Å². The smallest absolute Gasteiger partial charge is 0.336 e. The van der Waals surface area contributed by atoms with Crippen LogP contribution in [0.25, 0.3) is 17.1 Å². The van der Waals surface area contributed by atoms with Gasteiger partial charge in [-0.3, -0.25) is 4.79 Å². The molecule has 1 amide bonds. The van der Waals surface area contributed by atoms with Crippen LogP contribution in [-0.2, 0) is 4.79 Å². The number of rotatable bonds is 10. The molecule has 0 fully saturated rings. The molecule has 0 bridgehead atoms. The molecule has 0 spiro atoms. The molecule has 2 aromatic carbocycles. The molecule has 3 aromatic rings. The van der Waals surface area contributed by atoms with Crippen molar-refractivity contribution < 1.29 is 9.53 Å². The van der Waals surface area contributed by atoms with E-state index >= 15 is 0 Å². The van der Waals surface area contributed by atoms with Crippen molar-refractivity contribution in [2.75, 3.05) is 11.9 Å². The van der Waals surface area contributed by atoms with Gasteiger partial charge in [-0.15, -0.1) is 5.10 Å². The van der Waals surface area contributed by atoms with Gasteiger partial charge in [-0.1, -0.05) is 56.5 Å². The Balaban J connectivity index is 1.83. The molecule has 1 N–H and O–H groups in total. The molecule has 1 aromatic heterocycles. The molecular formula is C25H32N4O2. The number of aryl methyl sites for hydroxylation is 1. The SMILES string of the molecule is CCCC[C@@H](CC)C(=O)Nc1ccc(-n2nc(OCC)nc2-c2ccc(C)cc2)cc1. The van der Waals surface area contributed by atoms with Gasteiger partial charge < -0.3 is 10.1 Å². The predicted molar refractivity (Wildman–Crippen MR) is 125 cm³/mol. The molecule has 0 saturated carbocycles. The van der Waals surface area contributed by atoms with Crippen LogP contribution in [0.2, 0.25) is 0 Å². The number of ether oxygens (including phenoxy) is 1. The maximum absolute atomic E-state index is 12.6. The Morgan fingerprint density at radius 1 is 1.06 bits per heavy atom. The van der Waals surface area contributed by atoms with E-state index in [0.29, 0.717) is 18.4 Å². The van der Waals surface area contributed by atoms with Crippen molar-refractivity contribution in [3.63, 3.8) is 0 Å². The summed E-state index contributed by atoms with van der Waals surface area (Å²) in [5, 5.41) is 7.58. The van der Waals surface area contributed by atoms with Crippen molar-refractivity contribution in [3.05, 3.63) is 54.1 Å². The van der Waals surface area contributed by atoms with Crippen molar-refractivity contribution in [3.8, 4) is 23.1 Å². The summed E-state index contributed by atoms with van der Waals surface area (Å²) in [5.74, 6) is 0.853. The van der Waals surface area contributed by atoms with E-state index in [1.165, 1.54) is 5.56 Å². The largest absolute Gasteiger partial charge is 0.463 e. The zero-order chi connectivity index (χ0) is 22.2. The monoisotopic (exact) mass is 420 g/mol. The molecule has 0 aliphatic carbocycles. The molecular weight excluding hydrogens is 388 g/mol. The van der Waals surface area contributed by atoms with Gasteiger partial charge in [0.05, 0.1) is 12.3 Å². The number of carbonyl (C=O) groups excluding carboxylic acids is 1. The van der Waals surface area contributed by atoms with Crippen LogP contribution >= 0.6 is 0 Å². The lowest BCUT2D eigenvalue weighted by atomic mass is 9.98. The Bertz CT molecular complexity index is 978. The van der Waals surface area contributed by atoms with E-state index in [2.05, 4.69) is 48.3 Å². The number of nitrogens with one attached hydrogen (secondary N) is 1. The van der Waals surface area contributed by atoms with E-state index in [-0.39, 0.29) is 11.8 Å². The molecule has 0 saturated heterocycles. The van der Waals surface area contributed by atoms with E-state index in [0.717, 1.165) is 42.6 Å². The molecule has 6 heteroatoms. The van der Waals surface area contributed by atoms with Gasteiger partial charge in [0.15, 0.2) is 5.82 Å². The Kier molecular flexibility index (Phi) is 7.82. The Labute approximate surface area is 184 Å². The summed E-state index contributed by atoms with van der Waals surface area (Å²) in [4.78, 5) is 17.2. The first kappa shape index (κ1) is 22.5. The third-order valence-corrected chi connectivity index (χ3v) is 5.32. The Hall–Kier alpha value is -3.15. The second-order valence-corrected chi connectivity index (χ2v) is 7.71. The summed E-state index contributed by atoms with van der Waals surface area (Å²) >= 11 is 0. The van der Waals surface area contributed by atoms with Gasteiger partial charge in [0.1, 0.15) is 0 Å². The van der Waals surface area contributed by atoms with Gasteiger partial charge in [-0.05, 0) is 51.0 Å². The summed E-state index contributed by atoms with van der Waals surface area (Å²) in [6.45, 7) is 8.68. The second-order valence-electron chi connectivity index (χ2n) is 7.71. The third kappa shape index (κ3) is 5.72. The number of hydrogen-bond acceptors (Lipinski definition) is 4. The van der Waals surface area contributed by atoms with E-state index in [1.54, 1.807) is 4.68 Å². The van der Waals surface area contributed by atoms with E-state index in [1.807, 2.05) is 43.3 Å². The van der Waals surface area contributed by atoms with Gasteiger partial charge >= 0.3 is 6.01 Å². The highest BCUT2D eigenvalue weighted by molar-refractivity contribution is 5.92. The summed E-state index contributed by atoms with van der Waals surface area (Å²) in [6.07, 6.45) is 3.95. The lowest BCUT2D eigenvalue weighted by Crippen LogP contribution is -2.22. The number of benzene rings is 2. The molecule has 1 atom stereocenters. The van der Waals surface area contributed by atoms with Crippen molar-refractivity contribution in [2.45, 2.75) is 53.4 Å². The summed E-state index contributed by atoms with van der Waals surface area (Å²) in [6, 6.07) is 16.2. The molecule has 0 radical (unpaired) electrons. The van der Waals surface area contributed by atoms with Gasteiger partial charge in [-0.2, -0.15) is 4.98 Å². The standard InChI is InChI=1S/C25H32N4O2/c1-5-8-9-19(6-2)24(30)26-21-14-16-22(17-15-21)29-23(27-25(28-29)31-7-3)20-12-10-18(4)11-13-20/h10-17,19H,5-9H2,1-4H3,(H,26,30)/t19-/m1/s1. The molecule has 0 unspecified atom stereocenters. The number of amides is 1. The molecule has 31 heavy (non-hydrogen) atoms. The van der Waals surface area contributed by atoms with Crippen LogP contribution < -0.4 is 10.1 Å². The minimum Gasteiger partial charge on any atom is -0.463 e. The second kappa shape index (κ2) is 10.8. The van der Waals surface area contributed by atoms with Crippen molar-refractivity contribution in [1.29, 1.82) is 0 Å². The lowest BCUT2D eigenvalue weighted by molar-refractivity contribution is -0.120.